The van der Waals surface area contributed by atoms with Crippen LogP contribution in [-0.4, -0.2) is 22.8 Å². The third-order valence-electron chi connectivity index (χ3n) is 3.91. The van der Waals surface area contributed by atoms with Crippen molar-refractivity contribution in [3.8, 4) is 0 Å². The van der Waals surface area contributed by atoms with Crippen molar-refractivity contribution in [2.75, 3.05) is 10.2 Å². The van der Waals surface area contributed by atoms with Crippen LogP contribution in [0.25, 0.3) is 0 Å². The highest BCUT2D eigenvalue weighted by Crippen LogP contribution is 2.32. The van der Waals surface area contributed by atoms with Gasteiger partial charge in [-0.2, -0.15) is 0 Å². The van der Waals surface area contributed by atoms with Gasteiger partial charge in [0.25, 0.3) is 11.8 Å². The maximum Gasteiger partial charge on any atom is 0.268 e. The van der Waals surface area contributed by atoms with E-state index in [4.69, 9.17) is 12.2 Å². The molecule has 0 atom stereocenters. The molecule has 3 rings (SSSR count). The van der Waals surface area contributed by atoms with E-state index in [1.807, 2.05) is 13.0 Å². The van der Waals surface area contributed by atoms with Crippen molar-refractivity contribution in [3.63, 3.8) is 0 Å². The van der Waals surface area contributed by atoms with Crippen molar-refractivity contribution in [2.45, 2.75) is 19.8 Å². The molecule has 3 amide bonds. The van der Waals surface area contributed by atoms with E-state index in [1.54, 1.807) is 42.5 Å². The normalized spacial score (nSPS) is 12.7. The Bertz CT molecular complexity index is 896. The van der Waals surface area contributed by atoms with Crippen molar-refractivity contribution in [3.05, 3.63) is 59.7 Å². The minimum Gasteiger partial charge on any atom is -0.332 e. The lowest BCUT2D eigenvalue weighted by Gasteiger charge is -2.14. The van der Waals surface area contributed by atoms with Gasteiger partial charge in [0.05, 0.1) is 22.5 Å². The molecule has 1 heterocycles. The molecule has 2 aromatic carbocycles. The van der Waals surface area contributed by atoms with Crippen LogP contribution in [-0.2, 0) is 4.79 Å². The molecule has 0 saturated carbocycles. The summed E-state index contributed by atoms with van der Waals surface area (Å²) in [5, 5.41) is 5.51. The predicted molar refractivity (Wildman–Crippen MR) is 103 cm³/mol. The molecule has 0 bridgehead atoms. The molecule has 1 aliphatic rings. The number of imide groups is 1. The second kappa shape index (κ2) is 7.45. The summed E-state index contributed by atoms with van der Waals surface area (Å²) in [5.41, 5.74) is 1.43. The number of nitrogens with one attached hydrogen (secondary N) is 2. The number of fused-ring (bicyclic) bond motifs is 1. The van der Waals surface area contributed by atoms with E-state index in [9.17, 15) is 14.4 Å². The third-order valence-corrected chi connectivity index (χ3v) is 4.11. The Labute approximate surface area is 156 Å². The van der Waals surface area contributed by atoms with Crippen molar-refractivity contribution in [1.29, 1.82) is 0 Å². The van der Waals surface area contributed by atoms with E-state index in [2.05, 4.69) is 10.6 Å². The number of thiocarbonyl (C=S) groups is 1. The third kappa shape index (κ3) is 3.34. The average Bonchev–Trinajstić information content (AvgIpc) is 2.87. The summed E-state index contributed by atoms with van der Waals surface area (Å²) >= 11 is 5.14. The molecule has 0 radical (unpaired) electrons. The van der Waals surface area contributed by atoms with Gasteiger partial charge in [0.15, 0.2) is 5.11 Å². The van der Waals surface area contributed by atoms with Crippen LogP contribution in [0, 0.1) is 0 Å². The Morgan fingerprint density at radius 2 is 1.77 bits per heavy atom. The molecule has 2 aromatic rings. The topological polar surface area (TPSA) is 78.5 Å². The molecular weight excluding hydrogens is 350 g/mol. The summed E-state index contributed by atoms with van der Waals surface area (Å²) in [5.74, 6) is -1.02. The fraction of sp³-hybridized carbons (Fsp3) is 0.158. The van der Waals surface area contributed by atoms with E-state index < -0.39 is 5.91 Å². The van der Waals surface area contributed by atoms with Gasteiger partial charge in [-0.15, -0.1) is 0 Å². The number of para-hydroxylation sites is 1. The van der Waals surface area contributed by atoms with Gasteiger partial charge in [0.1, 0.15) is 0 Å². The first-order chi connectivity index (χ1) is 12.5. The minimum absolute atomic E-state index is 0.0928. The number of benzene rings is 2. The predicted octanol–water partition coefficient (Wildman–Crippen LogP) is 3.10. The number of hydrogen-bond acceptors (Lipinski definition) is 4. The Morgan fingerprint density at radius 1 is 1.04 bits per heavy atom. The first kappa shape index (κ1) is 17.8. The van der Waals surface area contributed by atoms with Gasteiger partial charge < -0.3 is 10.6 Å². The first-order valence-electron chi connectivity index (χ1n) is 8.20. The molecule has 1 aliphatic heterocycles. The second-order valence-corrected chi connectivity index (χ2v) is 6.17. The van der Waals surface area contributed by atoms with Crippen LogP contribution >= 0.6 is 12.2 Å². The van der Waals surface area contributed by atoms with Gasteiger partial charge in [-0.25, -0.2) is 4.90 Å². The van der Waals surface area contributed by atoms with Crippen LogP contribution in [0.5, 0.6) is 0 Å². The molecule has 0 fully saturated rings. The van der Waals surface area contributed by atoms with Crippen LogP contribution in [0.2, 0.25) is 0 Å². The zero-order valence-electron chi connectivity index (χ0n) is 14.1. The molecule has 0 unspecified atom stereocenters. The fourth-order valence-electron chi connectivity index (χ4n) is 2.77. The van der Waals surface area contributed by atoms with Crippen molar-refractivity contribution < 1.29 is 14.4 Å². The number of nitrogens with zero attached hydrogens (tertiary/aromatic N) is 1. The number of carbonyl (C=O) groups is 3. The second-order valence-electron chi connectivity index (χ2n) is 5.76. The first-order valence-corrected chi connectivity index (χ1v) is 8.61. The minimum atomic E-state index is -0.429. The molecule has 6 nitrogen and oxygen atoms in total. The fourth-order valence-corrected chi connectivity index (χ4v) is 2.99. The van der Waals surface area contributed by atoms with Crippen LogP contribution < -0.4 is 15.5 Å². The summed E-state index contributed by atoms with van der Waals surface area (Å²) in [7, 11) is 0. The van der Waals surface area contributed by atoms with Gasteiger partial charge in [-0.1, -0.05) is 31.2 Å². The zero-order chi connectivity index (χ0) is 18.7. The quantitative estimate of drug-likeness (QED) is 0.641. The van der Waals surface area contributed by atoms with Gasteiger partial charge in [-0.3, -0.25) is 14.4 Å². The molecule has 0 aliphatic carbocycles. The van der Waals surface area contributed by atoms with Gasteiger partial charge in [0, 0.05) is 6.42 Å². The number of rotatable bonds is 4. The highest BCUT2D eigenvalue weighted by molar-refractivity contribution is 7.80. The number of anilines is 2. The summed E-state index contributed by atoms with van der Waals surface area (Å²) < 4.78 is 0. The molecule has 26 heavy (non-hydrogen) atoms. The molecule has 0 saturated heterocycles. The lowest BCUT2D eigenvalue weighted by Crippen LogP contribution is -2.34. The van der Waals surface area contributed by atoms with Crippen LogP contribution in [0.4, 0.5) is 11.4 Å². The summed E-state index contributed by atoms with van der Waals surface area (Å²) in [4.78, 5) is 38.3. The molecule has 132 valence electrons. The van der Waals surface area contributed by atoms with Crippen LogP contribution in [0.3, 0.4) is 0 Å². The van der Waals surface area contributed by atoms with E-state index in [0.29, 0.717) is 29.8 Å². The highest BCUT2D eigenvalue weighted by atomic mass is 32.1. The molecular formula is C19H17N3O3S. The van der Waals surface area contributed by atoms with E-state index >= 15 is 0 Å². The number of carbonyl (C=O) groups excluding carboxylic acids is 3. The van der Waals surface area contributed by atoms with Crippen LogP contribution in [0.1, 0.15) is 40.5 Å². The lowest BCUT2D eigenvalue weighted by atomic mass is 10.1. The summed E-state index contributed by atoms with van der Waals surface area (Å²) in [6, 6.07) is 13.6. The summed E-state index contributed by atoms with van der Waals surface area (Å²) in [6.07, 6.45) is 1.06. The molecule has 0 spiro atoms. The van der Waals surface area contributed by atoms with Crippen molar-refractivity contribution >= 4 is 46.4 Å². The number of amides is 3. The number of hydrogen-bond donors (Lipinski definition) is 2. The van der Waals surface area contributed by atoms with Crippen LogP contribution in [0.15, 0.2) is 48.5 Å². The van der Waals surface area contributed by atoms with Gasteiger partial charge in [-0.05, 0) is 42.9 Å². The largest absolute Gasteiger partial charge is 0.332 e. The maximum atomic E-state index is 12.9. The van der Waals surface area contributed by atoms with E-state index in [-0.39, 0.29) is 22.5 Å². The molecule has 7 heteroatoms. The Balaban J connectivity index is 1.88. The van der Waals surface area contributed by atoms with E-state index in [0.717, 1.165) is 4.90 Å². The SMILES string of the molecule is CCCC(=O)NC(=S)Nc1cccc2c1C(=O)N(c1ccccc1)C2=O. The standard InChI is InChI=1S/C19H17N3O3S/c1-2-7-15(23)21-19(26)20-14-11-6-10-13-16(14)18(25)22(17(13)24)12-8-4-3-5-9-12/h3-6,8-11H,2,7H2,1H3,(H2,20,21,23,26). The monoisotopic (exact) mass is 367 g/mol. The smallest absolute Gasteiger partial charge is 0.268 e. The molecule has 2 N–H and O–H groups in total. The van der Waals surface area contributed by atoms with E-state index in [1.165, 1.54) is 0 Å². The lowest BCUT2D eigenvalue weighted by molar-refractivity contribution is -0.119. The Morgan fingerprint density at radius 3 is 2.46 bits per heavy atom. The average molecular weight is 367 g/mol. The maximum absolute atomic E-state index is 12.9. The highest BCUT2D eigenvalue weighted by Gasteiger charge is 2.38. The Hall–Kier alpha value is -3.06. The van der Waals surface area contributed by atoms with Crippen molar-refractivity contribution in [1.82, 2.24) is 5.32 Å². The van der Waals surface area contributed by atoms with Gasteiger partial charge >= 0.3 is 0 Å². The zero-order valence-corrected chi connectivity index (χ0v) is 14.9. The Kier molecular flexibility index (Phi) is 5.09. The van der Waals surface area contributed by atoms with Gasteiger partial charge in [0.2, 0.25) is 5.91 Å². The molecule has 0 aromatic heterocycles. The summed E-state index contributed by atoms with van der Waals surface area (Å²) in [6.45, 7) is 1.89. The van der Waals surface area contributed by atoms with Crippen molar-refractivity contribution in [2.24, 2.45) is 0 Å².